The molecule has 5 nitrogen and oxygen atoms in total. The van der Waals surface area contributed by atoms with Crippen LogP contribution in [0.5, 0.6) is 0 Å². The van der Waals surface area contributed by atoms with E-state index in [9.17, 15) is 9.59 Å². The Balaban J connectivity index is 1.68. The molecule has 26 heavy (non-hydrogen) atoms. The standard InChI is InChI=1S/C19H14BrN3O2S/c20-15-10-21-19(26-15)22-17(24)16(12-6-2-1-3-7-12)23-11-13-8-4-5-9-14(13)18(23)25/h1-10,16H,11H2,(H,21,22,24). The maximum Gasteiger partial charge on any atom is 0.255 e. The van der Waals surface area contributed by atoms with Gasteiger partial charge in [-0.25, -0.2) is 4.98 Å². The second-order valence-corrected chi connectivity index (χ2v) is 8.27. The normalized spacial score (nSPS) is 14.2. The number of hydrogen-bond donors (Lipinski definition) is 1. The minimum Gasteiger partial charge on any atom is -0.318 e. The first-order chi connectivity index (χ1) is 12.6. The molecule has 0 aliphatic carbocycles. The molecule has 0 fully saturated rings. The highest BCUT2D eigenvalue weighted by atomic mass is 79.9. The third kappa shape index (κ3) is 3.15. The van der Waals surface area contributed by atoms with E-state index >= 15 is 0 Å². The number of anilines is 1. The van der Waals surface area contributed by atoms with Gasteiger partial charge < -0.3 is 4.90 Å². The fraction of sp³-hybridized carbons (Fsp3) is 0.105. The Labute approximate surface area is 162 Å². The number of rotatable bonds is 4. The summed E-state index contributed by atoms with van der Waals surface area (Å²) in [5, 5.41) is 3.32. The minimum absolute atomic E-state index is 0.134. The highest BCUT2D eigenvalue weighted by Crippen LogP contribution is 2.33. The molecule has 2 amide bonds. The summed E-state index contributed by atoms with van der Waals surface area (Å²) < 4.78 is 0.828. The van der Waals surface area contributed by atoms with Gasteiger partial charge in [0.15, 0.2) is 5.13 Å². The lowest BCUT2D eigenvalue weighted by Crippen LogP contribution is -2.37. The quantitative estimate of drug-likeness (QED) is 0.676. The number of nitrogens with one attached hydrogen (secondary N) is 1. The lowest BCUT2D eigenvalue weighted by Gasteiger charge is -2.27. The molecule has 0 saturated carbocycles. The minimum atomic E-state index is -0.723. The maximum atomic E-state index is 13.1. The highest BCUT2D eigenvalue weighted by molar-refractivity contribution is 9.11. The predicted octanol–water partition coefficient (Wildman–Crippen LogP) is 4.24. The molecule has 2 aromatic carbocycles. The third-order valence-electron chi connectivity index (χ3n) is 4.23. The van der Waals surface area contributed by atoms with Crippen LogP contribution in [-0.4, -0.2) is 21.7 Å². The van der Waals surface area contributed by atoms with Crippen LogP contribution in [0, 0.1) is 0 Å². The van der Waals surface area contributed by atoms with Crippen molar-refractivity contribution in [3.05, 3.63) is 81.3 Å². The SMILES string of the molecule is O=C(Nc1ncc(Br)s1)C(c1ccccc1)N1Cc2ccccc2C1=O. The summed E-state index contributed by atoms with van der Waals surface area (Å²) in [6, 6.07) is 16.1. The predicted molar refractivity (Wildman–Crippen MR) is 104 cm³/mol. The van der Waals surface area contributed by atoms with E-state index in [1.165, 1.54) is 11.3 Å². The van der Waals surface area contributed by atoms with Crippen molar-refractivity contribution in [3.63, 3.8) is 0 Å². The van der Waals surface area contributed by atoms with Crippen molar-refractivity contribution < 1.29 is 9.59 Å². The number of carbonyl (C=O) groups excluding carboxylic acids is 2. The number of aromatic nitrogens is 1. The van der Waals surface area contributed by atoms with Crippen LogP contribution in [0.1, 0.15) is 27.5 Å². The van der Waals surface area contributed by atoms with Crippen LogP contribution in [0.4, 0.5) is 5.13 Å². The smallest absolute Gasteiger partial charge is 0.255 e. The van der Waals surface area contributed by atoms with Crippen molar-refractivity contribution in [1.82, 2.24) is 9.88 Å². The largest absolute Gasteiger partial charge is 0.318 e. The average molecular weight is 428 g/mol. The zero-order valence-electron chi connectivity index (χ0n) is 13.6. The van der Waals surface area contributed by atoms with E-state index in [2.05, 4.69) is 26.2 Å². The van der Waals surface area contributed by atoms with Gasteiger partial charge in [0.25, 0.3) is 11.8 Å². The second kappa shape index (κ2) is 7.01. The van der Waals surface area contributed by atoms with Crippen molar-refractivity contribution in [2.24, 2.45) is 0 Å². The number of thiazole rings is 1. The Morgan fingerprint density at radius 2 is 1.88 bits per heavy atom. The van der Waals surface area contributed by atoms with E-state index in [0.717, 1.165) is 14.9 Å². The Hall–Kier alpha value is -2.51. The van der Waals surface area contributed by atoms with Crippen LogP contribution in [0.3, 0.4) is 0 Å². The summed E-state index contributed by atoms with van der Waals surface area (Å²) in [5.41, 5.74) is 2.35. The molecule has 2 heterocycles. The van der Waals surface area contributed by atoms with Gasteiger partial charge in [0.05, 0.1) is 9.98 Å². The lowest BCUT2D eigenvalue weighted by atomic mass is 10.0. The summed E-state index contributed by atoms with van der Waals surface area (Å²) in [4.78, 5) is 31.7. The number of amides is 2. The first kappa shape index (κ1) is 16.9. The van der Waals surface area contributed by atoms with Crippen molar-refractivity contribution in [2.75, 3.05) is 5.32 Å². The molecule has 0 radical (unpaired) electrons. The highest BCUT2D eigenvalue weighted by Gasteiger charge is 2.37. The Morgan fingerprint density at radius 3 is 2.58 bits per heavy atom. The molecule has 0 bridgehead atoms. The molecular weight excluding hydrogens is 414 g/mol. The van der Waals surface area contributed by atoms with Gasteiger partial charge in [-0.2, -0.15) is 0 Å². The number of halogens is 1. The zero-order valence-corrected chi connectivity index (χ0v) is 16.0. The van der Waals surface area contributed by atoms with E-state index in [-0.39, 0.29) is 11.8 Å². The molecule has 130 valence electrons. The summed E-state index contributed by atoms with van der Waals surface area (Å²) in [7, 11) is 0. The molecule has 1 aliphatic heterocycles. The van der Waals surface area contributed by atoms with Crippen molar-refractivity contribution in [2.45, 2.75) is 12.6 Å². The second-order valence-electron chi connectivity index (χ2n) is 5.86. The van der Waals surface area contributed by atoms with Crippen molar-refractivity contribution in [3.8, 4) is 0 Å². The van der Waals surface area contributed by atoms with Gasteiger partial charge >= 0.3 is 0 Å². The fourth-order valence-corrected chi connectivity index (χ4v) is 4.19. The van der Waals surface area contributed by atoms with Crippen LogP contribution >= 0.6 is 27.3 Å². The summed E-state index contributed by atoms with van der Waals surface area (Å²) in [6.07, 6.45) is 1.63. The molecule has 1 atom stereocenters. The molecule has 0 saturated heterocycles. The van der Waals surface area contributed by atoms with Crippen LogP contribution in [0.25, 0.3) is 0 Å². The molecule has 4 rings (SSSR count). The van der Waals surface area contributed by atoms with Crippen LogP contribution in [0.2, 0.25) is 0 Å². The average Bonchev–Trinajstić information content (AvgIpc) is 3.20. The van der Waals surface area contributed by atoms with Crippen LogP contribution in [-0.2, 0) is 11.3 Å². The fourth-order valence-electron chi connectivity index (χ4n) is 3.08. The summed E-state index contributed by atoms with van der Waals surface area (Å²) in [5.74, 6) is -0.413. The molecule has 1 aliphatic rings. The van der Waals surface area contributed by atoms with E-state index in [1.54, 1.807) is 17.2 Å². The summed E-state index contributed by atoms with van der Waals surface area (Å²) >= 11 is 4.67. The molecule has 1 unspecified atom stereocenters. The molecule has 1 aromatic heterocycles. The first-order valence-electron chi connectivity index (χ1n) is 7.99. The van der Waals surface area contributed by atoms with E-state index in [0.29, 0.717) is 17.2 Å². The first-order valence-corrected chi connectivity index (χ1v) is 9.60. The molecule has 1 N–H and O–H groups in total. The number of hydrogen-bond acceptors (Lipinski definition) is 4. The molecular formula is C19H14BrN3O2S. The monoisotopic (exact) mass is 427 g/mol. The van der Waals surface area contributed by atoms with Gasteiger partial charge in [-0.15, -0.1) is 0 Å². The number of fused-ring (bicyclic) bond motifs is 1. The third-order valence-corrected chi connectivity index (χ3v) is 5.62. The number of carbonyl (C=O) groups is 2. The van der Waals surface area contributed by atoms with Gasteiger partial charge in [0.1, 0.15) is 6.04 Å². The zero-order chi connectivity index (χ0) is 18.1. The van der Waals surface area contributed by atoms with Gasteiger partial charge in [0, 0.05) is 12.1 Å². The van der Waals surface area contributed by atoms with Crippen LogP contribution < -0.4 is 5.32 Å². The van der Waals surface area contributed by atoms with Crippen molar-refractivity contribution in [1.29, 1.82) is 0 Å². The van der Waals surface area contributed by atoms with E-state index < -0.39 is 6.04 Å². The molecule has 3 aromatic rings. The van der Waals surface area contributed by atoms with Gasteiger partial charge in [-0.05, 0) is 33.1 Å². The van der Waals surface area contributed by atoms with Crippen LogP contribution in [0.15, 0.2) is 64.6 Å². The van der Waals surface area contributed by atoms with E-state index in [1.807, 2.05) is 48.5 Å². The topological polar surface area (TPSA) is 62.3 Å². The number of nitrogens with zero attached hydrogens (tertiary/aromatic N) is 2. The Morgan fingerprint density at radius 1 is 1.15 bits per heavy atom. The molecule has 0 spiro atoms. The van der Waals surface area contributed by atoms with E-state index in [4.69, 9.17) is 0 Å². The van der Waals surface area contributed by atoms with Gasteiger partial charge in [-0.3, -0.25) is 14.9 Å². The van der Waals surface area contributed by atoms with Crippen molar-refractivity contribution >= 4 is 44.2 Å². The number of benzene rings is 2. The Kier molecular flexibility index (Phi) is 4.57. The Bertz CT molecular complexity index is 974. The lowest BCUT2D eigenvalue weighted by molar-refractivity contribution is -0.120. The van der Waals surface area contributed by atoms with Gasteiger partial charge in [0.2, 0.25) is 0 Å². The molecule has 7 heteroatoms. The van der Waals surface area contributed by atoms with Gasteiger partial charge in [-0.1, -0.05) is 59.9 Å². The maximum absolute atomic E-state index is 13.1. The summed E-state index contributed by atoms with van der Waals surface area (Å²) in [6.45, 7) is 0.406.